The fourth-order valence-corrected chi connectivity index (χ4v) is 5.53. The minimum absolute atomic E-state index is 0.0806. The van der Waals surface area contributed by atoms with Crippen molar-refractivity contribution in [1.29, 1.82) is 0 Å². The first kappa shape index (κ1) is 19.7. The fraction of sp³-hybridized carbons (Fsp3) is 0.300. The van der Waals surface area contributed by atoms with Crippen LogP contribution in [0.4, 0.5) is 5.69 Å². The number of thioether (sulfide) groups is 1. The van der Waals surface area contributed by atoms with Gasteiger partial charge in [-0.1, -0.05) is 18.7 Å². The lowest BCUT2D eigenvalue weighted by Gasteiger charge is -2.17. The summed E-state index contributed by atoms with van der Waals surface area (Å²) in [5.41, 5.74) is 1.66. The number of rotatable bonds is 5. The van der Waals surface area contributed by atoms with Gasteiger partial charge in [-0.2, -0.15) is 0 Å². The molecule has 9 heteroatoms. The van der Waals surface area contributed by atoms with Crippen LogP contribution < -0.4 is 10.9 Å². The number of aromatic carboxylic acids is 1. The summed E-state index contributed by atoms with van der Waals surface area (Å²) in [5, 5.41) is 12.7. The number of carboxylic acid groups (broad SMARTS) is 1. The standard InChI is InChI=1S/C20H19N3O4S2/c1-10-2-7-13-14(8-10)29-18-16(13)17(25)22-20(23-18)28-9-15(24)21-12-5-3-11(4-6-12)19(26)27/h3-6,10H,2,7-9H2,1H3,(H,21,24)(H,26,27)(H,22,23,25). The lowest BCUT2D eigenvalue weighted by molar-refractivity contribution is -0.113. The van der Waals surface area contributed by atoms with Crippen molar-refractivity contribution in [3.63, 3.8) is 0 Å². The number of thiophene rings is 1. The van der Waals surface area contributed by atoms with Crippen LogP contribution in [0.3, 0.4) is 0 Å². The van der Waals surface area contributed by atoms with E-state index in [2.05, 4.69) is 22.2 Å². The fourth-order valence-electron chi connectivity index (χ4n) is 3.42. The lowest BCUT2D eigenvalue weighted by atomic mass is 9.89. The Morgan fingerprint density at radius 3 is 2.83 bits per heavy atom. The van der Waals surface area contributed by atoms with Crippen LogP contribution in [-0.2, 0) is 17.6 Å². The molecule has 1 amide bonds. The number of hydrogen-bond acceptors (Lipinski definition) is 6. The normalized spacial score (nSPS) is 15.8. The van der Waals surface area contributed by atoms with Crippen molar-refractivity contribution >= 4 is 50.9 Å². The molecule has 3 N–H and O–H groups in total. The number of hydrogen-bond donors (Lipinski definition) is 3. The molecule has 29 heavy (non-hydrogen) atoms. The highest BCUT2D eigenvalue weighted by Gasteiger charge is 2.23. The molecular formula is C20H19N3O4S2. The zero-order valence-corrected chi connectivity index (χ0v) is 17.3. The number of nitrogens with one attached hydrogen (secondary N) is 2. The Balaban J connectivity index is 1.45. The maximum atomic E-state index is 12.6. The van der Waals surface area contributed by atoms with Crippen molar-refractivity contribution in [3.05, 3.63) is 50.6 Å². The van der Waals surface area contributed by atoms with Gasteiger partial charge in [-0.15, -0.1) is 11.3 Å². The summed E-state index contributed by atoms with van der Waals surface area (Å²) < 4.78 is 0. The van der Waals surface area contributed by atoms with E-state index >= 15 is 0 Å². The van der Waals surface area contributed by atoms with Gasteiger partial charge in [0, 0.05) is 10.6 Å². The number of aryl methyl sites for hydroxylation is 1. The maximum absolute atomic E-state index is 12.6. The number of carboxylic acids is 1. The number of nitrogens with zero attached hydrogens (tertiary/aromatic N) is 1. The number of carbonyl (C=O) groups excluding carboxylic acids is 1. The van der Waals surface area contributed by atoms with Crippen molar-refractivity contribution in [3.8, 4) is 0 Å². The molecule has 0 saturated carbocycles. The van der Waals surface area contributed by atoms with Crippen molar-refractivity contribution in [1.82, 2.24) is 9.97 Å². The third-order valence-corrected chi connectivity index (χ3v) is 6.92. The molecule has 3 aromatic rings. The van der Waals surface area contributed by atoms with E-state index in [4.69, 9.17) is 5.11 Å². The summed E-state index contributed by atoms with van der Waals surface area (Å²) in [5.74, 6) is -0.581. The number of amides is 1. The Hall–Kier alpha value is -2.65. The van der Waals surface area contributed by atoms with Crippen LogP contribution in [0.5, 0.6) is 0 Å². The molecule has 0 saturated heterocycles. The van der Waals surface area contributed by atoms with Gasteiger partial charge in [-0.05, 0) is 55.0 Å². The van der Waals surface area contributed by atoms with Crippen molar-refractivity contribution in [2.45, 2.75) is 31.3 Å². The second kappa shape index (κ2) is 8.00. The van der Waals surface area contributed by atoms with Crippen LogP contribution in [-0.4, -0.2) is 32.7 Å². The first-order valence-electron chi connectivity index (χ1n) is 9.21. The van der Waals surface area contributed by atoms with Gasteiger partial charge in [-0.25, -0.2) is 9.78 Å². The number of H-pyrrole nitrogens is 1. The van der Waals surface area contributed by atoms with E-state index in [1.807, 2.05) is 0 Å². The third-order valence-electron chi connectivity index (χ3n) is 4.90. The minimum atomic E-state index is -1.02. The molecule has 0 aliphatic heterocycles. The van der Waals surface area contributed by atoms with Gasteiger partial charge in [0.05, 0.1) is 16.7 Å². The van der Waals surface area contributed by atoms with Crippen LogP contribution >= 0.6 is 23.1 Å². The number of fused-ring (bicyclic) bond motifs is 3. The second-order valence-electron chi connectivity index (χ2n) is 7.12. The van der Waals surface area contributed by atoms with E-state index in [1.54, 1.807) is 11.3 Å². The van der Waals surface area contributed by atoms with Crippen LogP contribution in [0.1, 0.15) is 34.1 Å². The first-order chi connectivity index (χ1) is 13.9. The summed E-state index contributed by atoms with van der Waals surface area (Å²) in [6.07, 6.45) is 2.99. The number of aromatic amines is 1. The van der Waals surface area contributed by atoms with Gasteiger partial charge >= 0.3 is 5.97 Å². The molecule has 150 valence electrons. The molecule has 1 aromatic carbocycles. The minimum Gasteiger partial charge on any atom is -0.478 e. The number of anilines is 1. The van der Waals surface area contributed by atoms with Gasteiger partial charge in [-0.3, -0.25) is 9.59 Å². The topological polar surface area (TPSA) is 112 Å². The summed E-state index contributed by atoms with van der Waals surface area (Å²) in [6, 6.07) is 5.93. The van der Waals surface area contributed by atoms with Gasteiger partial charge in [0.25, 0.3) is 5.56 Å². The van der Waals surface area contributed by atoms with E-state index in [0.717, 1.165) is 29.7 Å². The SMILES string of the molecule is CC1CCc2c(sc3nc(SCC(=O)Nc4ccc(C(=O)O)cc4)[nH]c(=O)c23)C1. The molecule has 0 bridgehead atoms. The van der Waals surface area contributed by atoms with Crippen molar-refractivity contribution < 1.29 is 14.7 Å². The molecule has 0 spiro atoms. The molecule has 1 aliphatic carbocycles. The Morgan fingerprint density at radius 1 is 1.34 bits per heavy atom. The molecular weight excluding hydrogens is 410 g/mol. The Kier molecular flexibility index (Phi) is 5.42. The molecule has 0 radical (unpaired) electrons. The smallest absolute Gasteiger partial charge is 0.335 e. The van der Waals surface area contributed by atoms with Crippen LogP contribution in [0.25, 0.3) is 10.2 Å². The van der Waals surface area contributed by atoms with E-state index in [1.165, 1.54) is 40.9 Å². The molecule has 2 heterocycles. The molecule has 1 atom stereocenters. The highest BCUT2D eigenvalue weighted by Crippen LogP contribution is 2.36. The van der Waals surface area contributed by atoms with Gasteiger partial charge in [0.15, 0.2) is 5.16 Å². The van der Waals surface area contributed by atoms with Gasteiger partial charge in [0.1, 0.15) is 4.83 Å². The van der Waals surface area contributed by atoms with Crippen LogP contribution in [0.2, 0.25) is 0 Å². The highest BCUT2D eigenvalue weighted by molar-refractivity contribution is 7.99. The quantitative estimate of drug-likeness (QED) is 0.422. The van der Waals surface area contributed by atoms with Crippen molar-refractivity contribution in [2.24, 2.45) is 5.92 Å². The molecule has 0 fully saturated rings. The van der Waals surface area contributed by atoms with E-state index in [9.17, 15) is 14.4 Å². The molecule has 4 rings (SSSR count). The predicted molar refractivity (Wildman–Crippen MR) is 114 cm³/mol. The zero-order valence-electron chi connectivity index (χ0n) is 15.7. The Morgan fingerprint density at radius 2 is 2.10 bits per heavy atom. The van der Waals surface area contributed by atoms with Gasteiger partial charge in [0.2, 0.25) is 5.91 Å². The van der Waals surface area contributed by atoms with Crippen LogP contribution in [0.15, 0.2) is 34.2 Å². The summed E-state index contributed by atoms with van der Waals surface area (Å²) in [4.78, 5) is 45.0. The number of carbonyl (C=O) groups is 2. The van der Waals surface area contributed by atoms with E-state index in [-0.39, 0.29) is 22.8 Å². The third kappa shape index (κ3) is 4.20. The monoisotopic (exact) mass is 429 g/mol. The Bertz CT molecular complexity index is 1150. The lowest BCUT2D eigenvalue weighted by Crippen LogP contribution is -2.16. The first-order valence-corrected chi connectivity index (χ1v) is 11.0. The highest BCUT2D eigenvalue weighted by atomic mass is 32.2. The number of aromatic nitrogens is 2. The summed E-state index contributed by atoms with van der Waals surface area (Å²) in [7, 11) is 0. The zero-order chi connectivity index (χ0) is 20.5. The van der Waals surface area contributed by atoms with E-state index in [0.29, 0.717) is 22.1 Å². The van der Waals surface area contributed by atoms with Gasteiger partial charge < -0.3 is 15.4 Å². The largest absolute Gasteiger partial charge is 0.478 e. The molecule has 1 aliphatic rings. The number of benzene rings is 1. The summed E-state index contributed by atoms with van der Waals surface area (Å²) >= 11 is 2.74. The van der Waals surface area contributed by atoms with E-state index < -0.39 is 5.97 Å². The average molecular weight is 430 g/mol. The molecule has 2 aromatic heterocycles. The molecule has 1 unspecified atom stereocenters. The predicted octanol–water partition coefficient (Wildman–Crippen LogP) is 3.54. The van der Waals surface area contributed by atoms with Crippen LogP contribution in [0, 0.1) is 5.92 Å². The average Bonchev–Trinajstić information content (AvgIpc) is 3.04. The van der Waals surface area contributed by atoms with Crippen molar-refractivity contribution in [2.75, 3.05) is 11.1 Å². The molecule has 7 nitrogen and oxygen atoms in total. The maximum Gasteiger partial charge on any atom is 0.335 e. The Labute approximate surface area is 174 Å². The second-order valence-corrected chi connectivity index (χ2v) is 9.17. The summed E-state index contributed by atoms with van der Waals surface area (Å²) in [6.45, 7) is 2.22.